The molecule has 2 aliphatic rings. The molecule has 3 heterocycles. The van der Waals surface area contributed by atoms with E-state index in [4.69, 9.17) is 5.73 Å². The highest BCUT2D eigenvalue weighted by Gasteiger charge is 2.34. The van der Waals surface area contributed by atoms with Crippen molar-refractivity contribution in [3.63, 3.8) is 0 Å². The first-order valence-electron chi connectivity index (χ1n) is 9.26. The minimum Gasteiger partial charge on any atom is -0.384 e. The molecular weight excluding hydrogens is 300 g/mol. The number of hydrogen-bond donors (Lipinski definition) is 1. The quantitative estimate of drug-likeness (QED) is 0.921. The van der Waals surface area contributed by atoms with Crippen LogP contribution in [0, 0.1) is 17.8 Å². The second-order valence-electron chi connectivity index (χ2n) is 7.80. The van der Waals surface area contributed by atoms with E-state index in [0.29, 0.717) is 17.3 Å². The number of carbonyl (C=O) groups excluding carboxylic acids is 1. The fourth-order valence-electron chi connectivity index (χ4n) is 4.24. The summed E-state index contributed by atoms with van der Waals surface area (Å²) < 4.78 is 0. The highest BCUT2D eigenvalue weighted by Crippen LogP contribution is 2.32. The van der Waals surface area contributed by atoms with Gasteiger partial charge in [0.05, 0.1) is 0 Å². The van der Waals surface area contributed by atoms with E-state index in [-0.39, 0.29) is 5.91 Å². The highest BCUT2D eigenvalue weighted by molar-refractivity contribution is 5.94. The first kappa shape index (κ1) is 17.2. The van der Waals surface area contributed by atoms with Gasteiger partial charge in [0.25, 0.3) is 5.91 Å². The summed E-state index contributed by atoms with van der Waals surface area (Å²) in [4.78, 5) is 21.2. The number of nitrogens with zero attached hydrogens (tertiary/aromatic N) is 3. The molecule has 1 aromatic rings. The molecule has 5 heteroatoms. The van der Waals surface area contributed by atoms with Gasteiger partial charge in [0.1, 0.15) is 5.82 Å². The lowest BCUT2D eigenvalue weighted by atomic mass is 9.83. The van der Waals surface area contributed by atoms with Gasteiger partial charge in [-0.25, -0.2) is 4.98 Å². The second-order valence-corrected chi connectivity index (χ2v) is 7.80. The number of rotatable bonds is 4. The molecular formula is C19H30N4O. The Hall–Kier alpha value is -1.62. The molecule has 3 rings (SSSR count). The first-order valence-corrected chi connectivity index (χ1v) is 9.26. The van der Waals surface area contributed by atoms with Crippen LogP contribution in [0.5, 0.6) is 0 Å². The van der Waals surface area contributed by atoms with Crippen LogP contribution in [0.15, 0.2) is 18.3 Å². The van der Waals surface area contributed by atoms with Gasteiger partial charge in [0, 0.05) is 31.4 Å². The summed E-state index contributed by atoms with van der Waals surface area (Å²) in [7, 11) is 0. The van der Waals surface area contributed by atoms with Gasteiger partial charge in [-0.2, -0.15) is 0 Å². The minimum atomic E-state index is 0.101. The van der Waals surface area contributed by atoms with Gasteiger partial charge < -0.3 is 15.5 Å². The van der Waals surface area contributed by atoms with E-state index >= 15 is 0 Å². The molecule has 0 bridgehead atoms. The summed E-state index contributed by atoms with van der Waals surface area (Å²) in [5.41, 5.74) is 6.36. The van der Waals surface area contributed by atoms with E-state index in [1.165, 1.54) is 32.5 Å². The predicted molar refractivity (Wildman–Crippen MR) is 96.7 cm³/mol. The van der Waals surface area contributed by atoms with Gasteiger partial charge >= 0.3 is 0 Å². The zero-order valence-electron chi connectivity index (χ0n) is 14.9. The fraction of sp³-hybridized carbons (Fsp3) is 0.684. The molecule has 132 valence electrons. The predicted octanol–water partition coefficient (Wildman–Crippen LogP) is 2.49. The Morgan fingerprint density at radius 2 is 1.96 bits per heavy atom. The van der Waals surface area contributed by atoms with E-state index in [0.717, 1.165) is 31.3 Å². The Bertz CT molecular complexity index is 566. The Morgan fingerprint density at radius 1 is 1.25 bits per heavy atom. The smallest absolute Gasteiger partial charge is 0.254 e. The Balaban J connectivity index is 1.52. The molecule has 2 N–H and O–H groups in total. The summed E-state index contributed by atoms with van der Waals surface area (Å²) in [6.45, 7) is 10.00. The van der Waals surface area contributed by atoms with Crippen LogP contribution in [-0.4, -0.2) is 53.4 Å². The maximum Gasteiger partial charge on any atom is 0.254 e. The largest absolute Gasteiger partial charge is 0.384 e. The molecule has 2 fully saturated rings. The van der Waals surface area contributed by atoms with Crippen molar-refractivity contribution in [2.45, 2.75) is 33.1 Å². The zero-order valence-corrected chi connectivity index (χ0v) is 14.9. The van der Waals surface area contributed by atoms with Crippen molar-refractivity contribution in [1.82, 2.24) is 14.8 Å². The van der Waals surface area contributed by atoms with E-state index in [9.17, 15) is 4.79 Å². The molecule has 1 unspecified atom stereocenters. The third-order valence-electron chi connectivity index (χ3n) is 5.46. The lowest BCUT2D eigenvalue weighted by Gasteiger charge is -2.35. The molecule has 0 saturated carbocycles. The number of aromatic nitrogens is 1. The van der Waals surface area contributed by atoms with E-state index in [2.05, 4.69) is 23.7 Å². The van der Waals surface area contributed by atoms with Crippen molar-refractivity contribution in [3.8, 4) is 0 Å². The van der Waals surface area contributed by atoms with Gasteiger partial charge in [-0.3, -0.25) is 4.79 Å². The molecule has 1 amide bonds. The van der Waals surface area contributed by atoms with Gasteiger partial charge in [-0.05, 0) is 62.2 Å². The SMILES string of the molecule is CC(C)CN1CCC(C2CCN(C(=O)c3ccnc(N)c3)C2)CC1. The maximum absolute atomic E-state index is 12.6. The molecule has 24 heavy (non-hydrogen) atoms. The lowest BCUT2D eigenvalue weighted by molar-refractivity contribution is 0.0772. The third-order valence-corrected chi connectivity index (χ3v) is 5.46. The Labute approximate surface area is 145 Å². The van der Waals surface area contributed by atoms with Crippen molar-refractivity contribution in [3.05, 3.63) is 23.9 Å². The minimum absolute atomic E-state index is 0.101. The summed E-state index contributed by atoms with van der Waals surface area (Å²) in [6.07, 6.45) is 5.31. The van der Waals surface area contributed by atoms with Crippen LogP contribution in [0.1, 0.15) is 43.5 Å². The molecule has 2 aliphatic heterocycles. The first-order chi connectivity index (χ1) is 11.5. The zero-order chi connectivity index (χ0) is 17.1. The number of pyridine rings is 1. The van der Waals surface area contributed by atoms with Crippen molar-refractivity contribution in [2.24, 2.45) is 17.8 Å². The van der Waals surface area contributed by atoms with Gasteiger partial charge in [0.15, 0.2) is 0 Å². The van der Waals surface area contributed by atoms with E-state index in [1.54, 1.807) is 18.3 Å². The number of anilines is 1. The summed E-state index contributed by atoms with van der Waals surface area (Å²) in [5.74, 6) is 2.69. The van der Waals surface area contributed by atoms with E-state index in [1.807, 2.05) is 4.90 Å². The number of nitrogen functional groups attached to an aromatic ring is 1. The number of likely N-dealkylation sites (tertiary alicyclic amines) is 2. The van der Waals surface area contributed by atoms with Gasteiger partial charge in [-0.1, -0.05) is 13.8 Å². The van der Waals surface area contributed by atoms with Crippen LogP contribution in [0.25, 0.3) is 0 Å². The molecule has 0 aromatic carbocycles. The van der Waals surface area contributed by atoms with Crippen LogP contribution in [0.3, 0.4) is 0 Å². The van der Waals surface area contributed by atoms with Crippen molar-refractivity contribution in [1.29, 1.82) is 0 Å². The average Bonchev–Trinajstić information content (AvgIpc) is 3.04. The van der Waals surface area contributed by atoms with Crippen LogP contribution in [-0.2, 0) is 0 Å². The highest BCUT2D eigenvalue weighted by atomic mass is 16.2. The third kappa shape index (κ3) is 4.07. The molecule has 1 atom stereocenters. The van der Waals surface area contributed by atoms with Crippen molar-refractivity contribution >= 4 is 11.7 Å². The number of amides is 1. The Kier molecular flexibility index (Phi) is 5.39. The summed E-state index contributed by atoms with van der Waals surface area (Å²) in [5, 5.41) is 0. The molecule has 1 aromatic heterocycles. The second kappa shape index (κ2) is 7.51. The maximum atomic E-state index is 12.6. The number of piperidine rings is 1. The van der Waals surface area contributed by atoms with E-state index < -0.39 is 0 Å². The molecule has 2 saturated heterocycles. The molecule has 0 spiro atoms. The van der Waals surface area contributed by atoms with Crippen LogP contribution in [0.2, 0.25) is 0 Å². The molecule has 0 aliphatic carbocycles. The topological polar surface area (TPSA) is 62.5 Å². The normalized spacial score (nSPS) is 23.1. The van der Waals surface area contributed by atoms with Crippen LogP contribution >= 0.6 is 0 Å². The van der Waals surface area contributed by atoms with Gasteiger partial charge in [-0.15, -0.1) is 0 Å². The van der Waals surface area contributed by atoms with Crippen LogP contribution in [0.4, 0.5) is 5.82 Å². The summed E-state index contributed by atoms with van der Waals surface area (Å²) >= 11 is 0. The number of carbonyl (C=O) groups is 1. The lowest BCUT2D eigenvalue weighted by Crippen LogP contribution is -2.39. The monoisotopic (exact) mass is 330 g/mol. The van der Waals surface area contributed by atoms with Crippen molar-refractivity contribution in [2.75, 3.05) is 38.5 Å². The number of hydrogen-bond acceptors (Lipinski definition) is 4. The molecule has 0 radical (unpaired) electrons. The molecule has 5 nitrogen and oxygen atoms in total. The van der Waals surface area contributed by atoms with Gasteiger partial charge in [0.2, 0.25) is 0 Å². The average molecular weight is 330 g/mol. The van der Waals surface area contributed by atoms with Crippen LogP contribution < -0.4 is 5.73 Å². The van der Waals surface area contributed by atoms with Crippen molar-refractivity contribution < 1.29 is 4.79 Å². The number of nitrogens with two attached hydrogens (primary N) is 1. The Morgan fingerprint density at radius 3 is 2.62 bits per heavy atom. The fourth-order valence-corrected chi connectivity index (χ4v) is 4.24. The standard InChI is InChI=1S/C19H30N4O/c1-14(2)12-22-8-4-15(5-9-22)17-6-10-23(13-17)19(24)16-3-7-21-18(20)11-16/h3,7,11,14-15,17H,4-6,8-10,12-13H2,1-2H3,(H2,20,21). The summed E-state index contributed by atoms with van der Waals surface area (Å²) in [6, 6.07) is 3.44.